The molecule has 22 heavy (non-hydrogen) atoms. The van der Waals surface area contributed by atoms with Gasteiger partial charge in [-0.1, -0.05) is 0 Å². The number of imide groups is 1. The zero-order valence-electron chi connectivity index (χ0n) is 11.8. The van der Waals surface area contributed by atoms with Gasteiger partial charge in [0.15, 0.2) is 0 Å². The second-order valence-electron chi connectivity index (χ2n) is 5.62. The van der Waals surface area contributed by atoms with Crippen LogP contribution in [-0.4, -0.2) is 62.6 Å². The first kappa shape index (κ1) is 12.9. The first-order valence-electron chi connectivity index (χ1n) is 6.96. The number of aromatic nitrogens is 3. The van der Waals surface area contributed by atoms with Gasteiger partial charge in [-0.15, -0.1) is 0 Å². The van der Waals surface area contributed by atoms with Gasteiger partial charge in [-0.2, -0.15) is 0 Å². The van der Waals surface area contributed by atoms with Gasteiger partial charge in [0, 0.05) is 26.3 Å². The fourth-order valence-electron chi connectivity index (χ4n) is 3.27. The predicted octanol–water partition coefficient (Wildman–Crippen LogP) is -0.355. The van der Waals surface area contributed by atoms with Crippen molar-refractivity contribution < 1.29 is 14.4 Å². The normalized spacial score (nSPS) is 24.4. The van der Waals surface area contributed by atoms with Crippen LogP contribution >= 0.6 is 0 Å². The molecular formula is C14H13N5O3. The Morgan fingerprint density at radius 1 is 1.23 bits per heavy atom. The molecule has 2 aromatic heterocycles. The number of hydrogen-bond acceptors (Lipinski definition) is 5. The number of H-pyrrole nitrogens is 1. The quantitative estimate of drug-likeness (QED) is 0.725. The van der Waals surface area contributed by atoms with E-state index in [9.17, 15) is 14.4 Å². The van der Waals surface area contributed by atoms with Crippen LogP contribution in [-0.2, 0) is 9.59 Å². The van der Waals surface area contributed by atoms with E-state index in [1.807, 2.05) is 0 Å². The molecule has 0 radical (unpaired) electrons. The third-order valence-corrected chi connectivity index (χ3v) is 4.46. The molecule has 0 bridgehead atoms. The van der Waals surface area contributed by atoms with E-state index in [1.165, 1.54) is 18.3 Å². The fourth-order valence-corrected chi connectivity index (χ4v) is 3.27. The molecule has 2 aromatic rings. The molecule has 1 N–H and O–H groups in total. The van der Waals surface area contributed by atoms with Gasteiger partial charge in [-0.05, 0) is 6.07 Å². The minimum Gasteiger partial charge on any atom is -0.346 e. The second kappa shape index (κ2) is 4.36. The summed E-state index contributed by atoms with van der Waals surface area (Å²) in [6, 6.07) is 1.74. The van der Waals surface area contributed by atoms with Gasteiger partial charge in [-0.25, -0.2) is 9.97 Å². The van der Waals surface area contributed by atoms with Gasteiger partial charge in [0.1, 0.15) is 17.7 Å². The summed E-state index contributed by atoms with van der Waals surface area (Å²) in [5, 5.41) is 0.638. The molecule has 2 aliphatic heterocycles. The van der Waals surface area contributed by atoms with Crippen molar-refractivity contribution in [2.24, 2.45) is 11.8 Å². The molecule has 4 rings (SSSR count). The molecular weight excluding hydrogens is 286 g/mol. The van der Waals surface area contributed by atoms with Gasteiger partial charge in [0.05, 0.1) is 17.2 Å². The number of amides is 3. The van der Waals surface area contributed by atoms with Crippen molar-refractivity contribution in [2.75, 3.05) is 20.1 Å². The summed E-state index contributed by atoms with van der Waals surface area (Å²) in [6.45, 7) is 0.517. The summed E-state index contributed by atoms with van der Waals surface area (Å²) in [4.78, 5) is 50.4. The lowest BCUT2D eigenvalue weighted by molar-refractivity contribution is -0.138. The zero-order valence-corrected chi connectivity index (χ0v) is 11.8. The Bertz CT molecular complexity index is 790. The van der Waals surface area contributed by atoms with E-state index in [0.29, 0.717) is 16.7 Å². The largest absolute Gasteiger partial charge is 0.346 e. The Hall–Kier alpha value is -2.77. The first-order chi connectivity index (χ1) is 10.6. The summed E-state index contributed by atoms with van der Waals surface area (Å²) < 4.78 is 0. The number of likely N-dealkylation sites (tertiary alicyclic amines) is 2. The molecule has 2 saturated heterocycles. The van der Waals surface area contributed by atoms with Crippen LogP contribution in [0.1, 0.15) is 10.5 Å². The highest BCUT2D eigenvalue weighted by atomic mass is 16.2. The molecule has 2 aliphatic rings. The minimum absolute atomic E-state index is 0.209. The number of fused-ring (bicyclic) bond motifs is 2. The van der Waals surface area contributed by atoms with Crippen molar-refractivity contribution in [1.82, 2.24) is 24.8 Å². The van der Waals surface area contributed by atoms with Gasteiger partial charge < -0.3 is 9.88 Å². The maximum absolute atomic E-state index is 12.7. The van der Waals surface area contributed by atoms with Crippen LogP contribution in [0.2, 0.25) is 0 Å². The minimum atomic E-state index is -0.426. The van der Waals surface area contributed by atoms with E-state index in [0.717, 1.165) is 4.90 Å². The SMILES string of the molecule is CN1C(=O)[C@H]2CN(C(=O)c3ncnc4[nH]ccc34)C[C@H]2C1=O. The third-order valence-electron chi connectivity index (χ3n) is 4.46. The lowest BCUT2D eigenvalue weighted by Crippen LogP contribution is -2.36. The molecule has 0 aliphatic carbocycles. The highest BCUT2D eigenvalue weighted by Crippen LogP contribution is 2.33. The molecule has 2 fully saturated rings. The molecule has 8 heteroatoms. The van der Waals surface area contributed by atoms with Gasteiger partial charge in [0.25, 0.3) is 5.91 Å². The number of carbonyl (C=O) groups excluding carboxylic acids is 3. The van der Waals surface area contributed by atoms with Gasteiger partial charge in [-0.3, -0.25) is 19.3 Å². The second-order valence-corrected chi connectivity index (χ2v) is 5.62. The molecule has 0 aromatic carbocycles. The van der Waals surface area contributed by atoms with Crippen LogP contribution in [0.4, 0.5) is 0 Å². The number of hydrogen-bond donors (Lipinski definition) is 1. The fraction of sp³-hybridized carbons (Fsp3) is 0.357. The summed E-state index contributed by atoms with van der Waals surface area (Å²) in [7, 11) is 1.49. The Kier molecular flexibility index (Phi) is 2.56. The lowest BCUT2D eigenvalue weighted by Gasteiger charge is -2.18. The van der Waals surface area contributed by atoms with Crippen LogP contribution in [0.15, 0.2) is 18.6 Å². The lowest BCUT2D eigenvalue weighted by atomic mass is 10.00. The first-order valence-corrected chi connectivity index (χ1v) is 6.96. The topological polar surface area (TPSA) is 99.3 Å². The monoisotopic (exact) mass is 299 g/mol. The molecule has 0 spiro atoms. The summed E-state index contributed by atoms with van der Waals surface area (Å²) >= 11 is 0. The van der Waals surface area contributed by atoms with Crippen molar-refractivity contribution >= 4 is 28.8 Å². The summed E-state index contributed by atoms with van der Waals surface area (Å²) in [6.07, 6.45) is 3.02. The van der Waals surface area contributed by atoms with Crippen molar-refractivity contribution in [1.29, 1.82) is 0 Å². The van der Waals surface area contributed by atoms with Crippen molar-refractivity contribution in [2.45, 2.75) is 0 Å². The van der Waals surface area contributed by atoms with Crippen LogP contribution < -0.4 is 0 Å². The van der Waals surface area contributed by atoms with Crippen molar-refractivity contribution in [3.63, 3.8) is 0 Å². The van der Waals surface area contributed by atoms with Crippen molar-refractivity contribution in [3.05, 3.63) is 24.3 Å². The highest BCUT2D eigenvalue weighted by Gasteiger charge is 2.52. The van der Waals surface area contributed by atoms with E-state index >= 15 is 0 Å². The number of aromatic amines is 1. The smallest absolute Gasteiger partial charge is 0.273 e. The third kappa shape index (κ3) is 1.60. The highest BCUT2D eigenvalue weighted by molar-refractivity contribution is 6.08. The average molecular weight is 299 g/mol. The van der Waals surface area contributed by atoms with Crippen LogP contribution in [0.3, 0.4) is 0 Å². The maximum Gasteiger partial charge on any atom is 0.273 e. The number of nitrogens with zero attached hydrogens (tertiary/aromatic N) is 4. The van der Waals surface area contributed by atoms with Gasteiger partial charge >= 0.3 is 0 Å². The Morgan fingerprint density at radius 3 is 2.59 bits per heavy atom. The van der Waals surface area contributed by atoms with Crippen LogP contribution in [0.5, 0.6) is 0 Å². The standard InChI is InChI=1S/C14H13N5O3/c1-18-12(20)8-4-19(5-9(8)13(18)21)14(22)10-7-2-3-15-11(7)17-6-16-10/h2-3,6,8-9H,4-5H2,1H3,(H,15,16,17)/t8-,9+. The maximum atomic E-state index is 12.7. The molecule has 0 saturated carbocycles. The number of nitrogens with one attached hydrogen (secondary N) is 1. The van der Waals surface area contributed by atoms with Crippen LogP contribution in [0.25, 0.3) is 11.0 Å². The van der Waals surface area contributed by atoms with Crippen molar-refractivity contribution in [3.8, 4) is 0 Å². The van der Waals surface area contributed by atoms with E-state index in [2.05, 4.69) is 15.0 Å². The number of carbonyl (C=O) groups is 3. The molecule has 8 nitrogen and oxygen atoms in total. The Labute approximate surface area is 125 Å². The van der Waals surface area contributed by atoms with Gasteiger partial charge in [0.2, 0.25) is 11.8 Å². The predicted molar refractivity (Wildman–Crippen MR) is 74.5 cm³/mol. The molecule has 4 heterocycles. The van der Waals surface area contributed by atoms with E-state index in [4.69, 9.17) is 0 Å². The zero-order chi connectivity index (χ0) is 15.4. The van der Waals surface area contributed by atoms with E-state index in [1.54, 1.807) is 12.3 Å². The average Bonchev–Trinajstić information content (AvgIpc) is 3.21. The molecule has 112 valence electrons. The van der Waals surface area contributed by atoms with Crippen LogP contribution in [0, 0.1) is 11.8 Å². The molecule has 2 atom stereocenters. The molecule has 3 amide bonds. The number of rotatable bonds is 1. The Balaban J connectivity index is 1.65. The Morgan fingerprint density at radius 2 is 1.91 bits per heavy atom. The summed E-state index contributed by atoms with van der Waals surface area (Å²) in [5.41, 5.74) is 0.879. The van der Waals surface area contributed by atoms with E-state index in [-0.39, 0.29) is 30.8 Å². The summed E-state index contributed by atoms with van der Waals surface area (Å²) in [5.74, 6) is -1.54. The van der Waals surface area contributed by atoms with E-state index < -0.39 is 11.8 Å². The molecule has 0 unspecified atom stereocenters.